The van der Waals surface area contributed by atoms with Crippen molar-refractivity contribution < 1.29 is 0 Å². The molecule has 2 rings (SSSR count). The van der Waals surface area contributed by atoms with Crippen LogP contribution < -0.4 is 11.1 Å². The monoisotopic (exact) mass is 313 g/mol. The van der Waals surface area contributed by atoms with Gasteiger partial charge in [-0.15, -0.1) is 0 Å². The molecule has 0 aliphatic heterocycles. The Morgan fingerprint density at radius 3 is 2.61 bits per heavy atom. The smallest absolute Gasteiger partial charge is 0.225 e. The van der Waals surface area contributed by atoms with E-state index in [1.54, 1.807) is 6.07 Å². The maximum Gasteiger partial charge on any atom is 0.225 e. The van der Waals surface area contributed by atoms with Gasteiger partial charge in [0.05, 0.1) is 0 Å². The normalized spacial score (nSPS) is 18.2. The van der Waals surface area contributed by atoms with Gasteiger partial charge in [0.1, 0.15) is 10.4 Å². The number of nitrogens with two attached hydrogens (primary N) is 1. The summed E-state index contributed by atoms with van der Waals surface area (Å²) in [5.41, 5.74) is 5.93. The first-order chi connectivity index (χ1) is 8.52. The third kappa shape index (κ3) is 2.92. The zero-order chi connectivity index (χ0) is 13.2. The van der Waals surface area contributed by atoms with Gasteiger partial charge in [0.25, 0.3) is 0 Å². The van der Waals surface area contributed by atoms with Crippen LogP contribution in [0, 0.1) is 0 Å². The Bertz CT molecular complexity index is 395. The van der Waals surface area contributed by atoms with Crippen LogP contribution >= 0.6 is 15.9 Å². The number of likely N-dealkylation sites (N-methyl/N-ethyl adjacent to an activating group) is 1. The molecule has 0 spiro atoms. The van der Waals surface area contributed by atoms with Crippen molar-refractivity contribution in [2.75, 3.05) is 31.7 Å². The minimum absolute atomic E-state index is 0.223. The Morgan fingerprint density at radius 2 is 2.06 bits per heavy atom. The molecular formula is C12H20BrN5. The van der Waals surface area contributed by atoms with Crippen LogP contribution in [-0.2, 0) is 0 Å². The number of aromatic nitrogens is 2. The van der Waals surface area contributed by atoms with Crippen LogP contribution in [0.4, 0.5) is 11.8 Å². The molecule has 0 bridgehead atoms. The summed E-state index contributed by atoms with van der Waals surface area (Å²) in [6.45, 7) is 0.857. The van der Waals surface area contributed by atoms with Gasteiger partial charge in [-0.25, -0.2) is 4.98 Å². The summed E-state index contributed by atoms with van der Waals surface area (Å²) in [6.07, 6.45) is 5.02. The van der Waals surface area contributed by atoms with Gasteiger partial charge in [-0.3, -0.25) is 0 Å². The van der Waals surface area contributed by atoms with E-state index in [0.717, 1.165) is 6.54 Å². The molecule has 1 fully saturated rings. The minimum atomic E-state index is 0.223. The number of nitrogens with zero attached hydrogens (tertiary/aromatic N) is 3. The maximum absolute atomic E-state index is 5.70. The molecule has 5 nitrogen and oxygen atoms in total. The predicted octanol–water partition coefficient (Wildman–Crippen LogP) is 2.11. The number of nitrogen functional groups attached to an aromatic ring is 1. The second-order valence-corrected chi connectivity index (χ2v) is 5.93. The first-order valence-corrected chi connectivity index (χ1v) is 7.02. The lowest BCUT2D eigenvalue weighted by Gasteiger charge is -2.36. The summed E-state index contributed by atoms with van der Waals surface area (Å²) in [6, 6.07) is 1.70. The van der Waals surface area contributed by atoms with E-state index in [1.807, 2.05) is 0 Å². The molecule has 1 heterocycles. The van der Waals surface area contributed by atoms with Gasteiger partial charge in [-0.1, -0.05) is 12.8 Å². The zero-order valence-corrected chi connectivity index (χ0v) is 12.5. The van der Waals surface area contributed by atoms with Gasteiger partial charge >= 0.3 is 0 Å². The molecule has 0 aromatic carbocycles. The molecular weight excluding hydrogens is 294 g/mol. The molecule has 0 atom stereocenters. The fourth-order valence-electron chi connectivity index (χ4n) is 2.57. The number of hydrogen-bond donors (Lipinski definition) is 2. The fourth-order valence-corrected chi connectivity index (χ4v) is 2.98. The fraction of sp³-hybridized carbons (Fsp3) is 0.667. The average Bonchev–Trinajstić information content (AvgIpc) is 2.75. The van der Waals surface area contributed by atoms with Crippen molar-refractivity contribution in [3.05, 3.63) is 10.7 Å². The summed E-state index contributed by atoms with van der Waals surface area (Å²) in [4.78, 5) is 10.8. The molecule has 1 aliphatic rings. The van der Waals surface area contributed by atoms with E-state index in [1.165, 1.54) is 25.7 Å². The molecule has 1 aromatic heterocycles. The van der Waals surface area contributed by atoms with Crippen molar-refractivity contribution in [3.63, 3.8) is 0 Å². The van der Waals surface area contributed by atoms with Crippen molar-refractivity contribution >= 4 is 27.7 Å². The molecule has 1 aromatic rings. The third-order valence-corrected chi connectivity index (χ3v) is 4.18. The second kappa shape index (κ2) is 5.40. The van der Waals surface area contributed by atoms with E-state index in [9.17, 15) is 0 Å². The Morgan fingerprint density at radius 1 is 1.39 bits per heavy atom. The van der Waals surface area contributed by atoms with E-state index in [0.29, 0.717) is 16.4 Å². The molecule has 18 heavy (non-hydrogen) atoms. The lowest BCUT2D eigenvalue weighted by atomic mass is 9.96. The van der Waals surface area contributed by atoms with Gasteiger partial charge in [0.2, 0.25) is 5.95 Å². The second-order valence-electron chi connectivity index (χ2n) is 5.12. The summed E-state index contributed by atoms with van der Waals surface area (Å²) in [5.74, 6) is 1.07. The van der Waals surface area contributed by atoms with Crippen molar-refractivity contribution in [3.8, 4) is 0 Å². The van der Waals surface area contributed by atoms with Gasteiger partial charge in [-0.2, -0.15) is 4.98 Å². The van der Waals surface area contributed by atoms with Gasteiger partial charge < -0.3 is 16.0 Å². The average molecular weight is 314 g/mol. The Hall–Kier alpha value is -0.880. The summed E-state index contributed by atoms with van der Waals surface area (Å²) in [5, 5.41) is 3.32. The van der Waals surface area contributed by atoms with E-state index in [2.05, 4.69) is 50.2 Å². The molecule has 1 aliphatic carbocycles. The van der Waals surface area contributed by atoms with Crippen molar-refractivity contribution in [2.45, 2.75) is 31.2 Å². The highest BCUT2D eigenvalue weighted by molar-refractivity contribution is 9.10. The molecule has 0 amide bonds. The Balaban J connectivity index is 2.05. The van der Waals surface area contributed by atoms with Crippen molar-refractivity contribution in [1.29, 1.82) is 0 Å². The molecule has 6 heteroatoms. The predicted molar refractivity (Wildman–Crippen MR) is 77.5 cm³/mol. The van der Waals surface area contributed by atoms with Crippen LogP contribution in [-0.4, -0.2) is 41.0 Å². The highest BCUT2D eigenvalue weighted by Crippen LogP contribution is 2.33. The van der Waals surface area contributed by atoms with E-state index in [-0.39, 0.29) is 5.54 Å². The molecule has 3 N–H and O–H groups in total. The molecule has 0 unspecified atom stereocenters. The van der Waals surface area contributed by atoms with Crippen LogP contribution in [0.15, 0.2) is 10.7 Å². The number of rotatable bonds is 4. The first-order valence-electron chi connectivity index (χ1n) is 6.23. The third-order valence-electron chi connectivity index (χ3n) is 3.77. The SMILES string of the molecule is CN(C)C1(CNc2nc(N)cc(Br)n2)CCCC1. The maximum atomic E-state index is 5.70. The number of nitrogens with one attached hydrogen (secondary N) is 1. The van der Waals surface area contributed by atoms with Crippen LogP contribution in [0.2, 0.25) is 0 Å². The van der Waals surface area contributed by atoms with Gasteiger partial charge in [-0.05, 0) is 42.9 Å². The van der Waals surface area contributed by atoms with Crippen molar-refractivity contribution in [1.82, 2.24) is 14.9 Å². The standard InChI is InChI=1S/C12H20BrN5/c1-18(2)12(5-3-4-6-12)8-15-11-16-9(13)7-10(14)17-11/h7H,3-6,8H2,1-2H3,(H3,14,15,16,17). The van der Waals surface area contributed by atoms with Crippen LogP contribution in [0.5, 0.6) is 0 Å². The molecule has 100 valence electrons. The number of hydrogen-bond acceptors (Lipinski definition) is 5. The van der Waals surface area contributed by atoms with Crippen LogP contribution in [0.3, 0.4) is 0 Å². The van der Waals surface area contributed by atoms with Gasteiger partial charge in [0, 0.05) is 18.2 Å². The van der Waals surface area contributed by atoms with Crippen LogP contribution in [0.1, 0.15) is 25.7 Å². The van der Waals surface area contributed by atoms with E-state index >= 15 is 0 Å². The quantitative estimate of drug-likeness (QED) is 0.833. The van der Waals surface area contributed by atoms with E-state index in [4.69, 9.17) is 5.73 Å². The van der Waals surface area contributed by atoms with Crippen molar-refractivity contribution in [2.24, 2.45) is 0 Å². The summed E-state index contributed by atoms with van der Waals surface area (Å²) < 4.78 is 0.711. The first kappa shape index (κ1) is 13.5. The summed E-state index contributed by atoms with van der Waals surface area (Å²) in [7, 11) is 4.28. The number of halogens is 1. The highest BCUT2D eigenvalue weighted by atomic mass is 79.9. The lowest BCUT2D eigenvalue weighted by molar-refractivity contribution is 0.172. The lowest BCUT2D eigenvalue weighted by Crippen LogP contribution is -2.47. The largest absolute Gasteiger partial charge is 0.383 e. The van der Waals surface area contributed by atoms with Crippen LogP contribution in [0.25, 0.3) is 0 Å². The van der Waals surface area contributed by atoms with E-state index < -0.39 is 0 Å². The highest BCUT2D eigenvalue weighted by Gasteiger charge is 2.35. The topological polar surface area (TPSA) is 67.1 Å². The zero-order valence-electron chi connectivity index (χ0n) is 10.9. The summed E-state index contributed by atoms with van der Waals surface area (Å²) >= 11 is 3.33. The number of anilines is 2. The Kier molecular flexibility index (Phi) is 4.07. The Labute approximate surface area is 116 Å². The van der Waals surface area contributed by atoms with Gasteiger partial charge in [0.15, 0.2) is 0 Å². The molecule has 1 saturated carbocycles. The molecule has 0 saturated heterocycles. The molecule has 0 radical (unpaired) electrons. The minimum Gasteiger partial charge on any atom is -0.383 e.